The number of nitrogens with zero attached hydrogens (tertiary/aromatic N) is 2. The lowest BCUT2D eigenvalue weighted by atomic mass is 10.1. The number of aryl methyl sites for hydroxylation is 1. The number of benzene rings is 2. The van der Waals surface area contributed by atoms with Gasteiger partial charge in [0.2, 0.25) is 5.95 Å². The van der Waals surface area contributed by atoms with Crippen LogP contribution in [0.5, 0.6) is 0 Å². The number of anilines is 3. The van der Waals surface area contributed by atoms with Crippen molar-refractivity contribution in [2.45, 2.75) is 19.5 Å². The van der Waals surface area contributed by atoms with E-state index in [1.165, 1.54) is 24.3 Å². The average molecular weight is 390 g/mol. The fourth-order valence-corrected chi connectivity index (χ4v) is 2.70. The van der Waals surface area contributed by atoms with Crippen LogP contribution in [0, 0.1) is 12.7 Å². The van der Waals surface area contributed by atoms with Crippen LogP contribution in [0.3, 0.4) is 0 Å². The number of rotatable bonds is 6. The van der Waals surface area contributed by atoms with E-state index >= 15 is 0 Å². The molecular weight excluding hydrogens is 372 g/mol. The first-order valence-corrected chi connectivity index (χ1v) is 8.59. The number of nitrogens with one attached hydrogen (secondary N) is 2. The van der Waals surface area contributed by atoms with Gasteiger partial charge < -0.3 is 10.6 Å². The molecule has 0 amide bonds. The SMILES string of the molecule is Cc1cc(NCCc2ccccc2F)nc(Nc2ccccc2C(F)(F)F)n1. The van der Waals surface area contributed by atoms with Gasteiger partial charge in [-0.2, -0.15) is 18.2 Å². The fourth-order valence-electron chi connectivity index (χ4n) is 2.70. The Labute approximate surface area is 159 Å². The lowest BCUT2D eigenvalue weighted by Gasteiger charge is -2.14. The van der Waals surface area contributed by atoms with Crippen molar-refractivity contribution in [3.63, 3.8) is 0 Å². The maximum absolute atomic E-state index is 13.7. The molecule has 2 aromatic carbocycles. The van der Waals surface area contributed by atoms with Gasteiger partial charge in [0.05, 0.1) is 11.3 Å². The molecule has 8 heteroatoms. The molecule has 0 saturated heterocycles. The molecule has 0 aliphatic rings. The van der Waals surface area contributed by atoms with E-state index in [0.29, 0.717) is 30.0 Å². The van der Waals surface area contributed by atoms with Gasteiger partial charge >= 0.3 is 6.18 Å². The van der Waals surface area contributed by atoms with Crippen LogP contribution in [-0.4, -0.2) is 16.5 Å². The van der Waals surface area contributed by atoms with Gasteiger partial charge in [-0.1, -0.05) is 30.3 Å². The van der Waals surface area contributed by atoms with Crippen LogP contribution in [0.1, 0.15) is 16.8 Å². The summed E-state index contributed by atoms with van der Waals surface area (Å²) in [6.07, 6.45) is -4.05. The van der Waals surface area contributed by atoms with Gasteiger partial charge in [0.25, 0.3) is 0 Å². The predicted octanol–water partition coefficient (Wildman–Crippen LogP) is 5.34. The monoisotopic (exact) mass is 390 g/mol. The molecule has 0 saturated carbocycles. The second kappa shape index (κ2) is 8.24. The molecule has 0 aliphatic carbocycles. The first-order chi connectivity index (χ1) is 13.3. The van der Waals surface area contributed by atoms with Gasteiger partial charge in [-0.05, 0) is 37.1 Å². The van der Waals surface area contributed by atoms with E-state index in [2.05, 4.69) is 20.6 Å². The van der Waals surface area contributed by atoms with E-state index in [1.54, 1.807) is 31.2 Å². The van der Waals surface area contributed by atoms with Crippen LogP contribution in [-0.2, 0) is 12.6 Å². The number of para-hydroxylation sites is 1. The second-order valence-corrected chi connectivity index (χ2v) is 6.15. The molecule has 0 fully saturated rings. The molecule has 0 spiro atoms. The molecule has 1 heterocycles. The van der Waals surface area contributed by atoms with Crippen molar-refractivity contribution in [2.75, 3.05) is 17.2 Å². The summed E-state index contributed by atoms with van der Waals surface area (Å²) >= 11 is 0. The number of alkyl halides is 3. The van der Waals surface area contributed by atoms with Crippen molar-refractivity contribution < 1.29 is 17.6 Å². The van der Waals surface area contributed by atoms with E-state index in [0.717, 1.165) is 6.07 Å². The Morgan fingerprint density at radius 2 is 1.68 bits per heavy atom. The highest BCUT2D eigenvalue weighted by Gasteiger charge is 2.33. The molecule has 146 valence electrons. The zero-order valence-corrected chi connectivity index (χ0v) is 15.0. The van der Waals surface area contributed by atoms with Crippen molar-refractivity contribution >= 4 is 17.5 Å². The van der Waals surface area contributed by atoms with Crippen LogP contribution < -0.4 is 10.6 Å². The van der Waals surface area contributed by atoms with Crippen LogP contribution >= 0.6 is 0 Å². The number of aromatic nitrogens is 2. The van der Waals surface area contributed by atoms with Crippen molar-refractivity contribution in [1.29, 1.82) is 0 Å². The Balaban J connectivity index is 1.73. The van der Waals surface area contributed by atoms with Gasteiger partial charge in [-0.25, -0.2) is 9.37 Å². The van der Waals surface area contributed by atoms with Crippen LogP contribution in [0.4, 0.5) is 35.0 Å². The fraction of sp³-hybridized carbons (Fsp3) is 0.200. The normalized spacial score (nSPS) is 11.3. The van der Waals surface area contributed by atoms with E-state index < -0.39 is 11.7 Å². The molecule has 0 unspecified atom stereocenters. The van der Waals surface area contributed by atoms with Crippen LogP contribution in [0.25, 0.3) is 0 Å². The third kappa shape index (κ3) is 4.97. The molecule has 0 bridgehead atoms. The van der Waals surface area contributed by atoms with E-state index in [4.69, 9.17) is 0 Å². The first-order valence-electron chi connectivity index (χ1n) is 8.59. The van der Waals surface area contributed by atoms with Crippen LogP contribution in [0.2, 0.25) is 0 Å². The summed E-state index contributed by atoms with van der Waals surface area (Å²) < 4.78 is 53.1. The quantitative estimate of drug-likeness (QED) is 0.558. The minimum atomic E-state index is -4.49. The van der Waals surface area contributed by atoms with Crippen LogP contribution in [0.15, 0.2) is 54.6 Å². The molecule has 0 atom stereocenters. The first kappa shape index (κ1) is 19.6. The van der Waals surface area contributed by atoms with E-state index in [1.807, 2.05) is 0 Å². The number of hydrogen-bond donors (Lipinski definition) is 2. The minimum absolute atomic E-state index is 0.0464. The molecule has 3 aromatic rings. The molecule has 3 rings (SSSR count). The summed E-state index contributed by atoms with van der Waals surface area (Å²) in [6, 6.07) is 13.3. The summed E-state index contributed by atoms with van der Waals surface area (Å²) in [6.45, 7) is 2.13. The summed E-state index contributed by atoms with van der Waals surface area (Å²) in [5, 5.41) is 5.69. The molecule has 2 N–H and O–H groups in total. The number of hydrogen-bond acceptors (Lipinski definition) is 4. The highest BCUT2D eigenvalue weighted by molar-refractivity contribution is 5.60. The highest BCUT2D eigenvalue weighted by Crippen LogP contribution is 2.35. The summed E-state index contributed by atoms with van der Waals surface area (Å²) in [5.74, 6) is 0.204. The Bertz CT molecular complexity index is 957. The lowest BCUT2D eigenvalue weighted by Crippen LogP contribution is -2.11. The maximum Gasteiger partial charge on any atom is 0.418 e. The highest BCUT2D eigenvalue weighted by atomic mass is 19.4. The second-order valence-electron chi connectivity index (χ2n) is 6.15. The summed E-state index contributed by atoms with van der Waals surface area (Å²) in [7, 11) is 0. The van der Waals surface area contributed by atoms with Crippen molar-refractivity contribution in [3.8, 4) is 0 Å². The molecule has 0 aliphatic heterocycles. The van der Waals surface area contributed by atoms with Gasteiger partial charge in [-0.15, -0.1) is 0 Å². The topological polar surface area (TPSA) is 49.8 Å². The van der Waals surface area contributed by atoms with Gasteiger partial charge in [-0.3, -0.25) is 0 Å². The Morgan fingerprint density at radius 3 is 2.43 bits per heavy atom. The standard InChI is InChI=1S/C20H18F4N4/c1-13-12-18(25-11-10-14-6-2-4-8-16(14)21)28-19(26-13)27-17-9-5-3-7-15(17)20(22,23)24/h2-9,12H,10-11H2,1H3,(H2,25,26,27,28). The summed E-state index contributed by atoms with van der Waals surface area (Å²) in [4.78, 5) is 8.35. The van der Waals surface area contributed by atoms with E-state index in [-0.39, 0.29) is 17.5 Å². The van der Waals surface area contributed by atoms with Crippen molar-refractivity contribution in [1.82, 2.24) is 9.97 Å². The molecule has 1 aromatic heterocycles. The maximum atomic E-state index is 13.7. The third-order valence-electron chi connectivity index (χ3n) is 3.99. The Kier molecular flexibility index (Phi) is 5.77. The van der Waals surface area contributed by atoms with Crippen molar-refractivity contribution in [3.05, 3.63) is 77.2 Å². The lowest BCUT2D eigenvalue weighted by molar-refractivity contribution is -0.136. The third-order valence-corrected chi connectivity index (χ3v) is 3.99. The van der Waals surface area contributed by atoms with E-state index in [9.17, 15) is 17.6 Å². The van der Waals surface area contributed by atoms with Crippen molar-refractivity contribution in [2.24, 2.45) is 0 Å². The number of halogens is 4. The van der Waals surface area contributed by atoms with Gasteiger partial charge in [0, 0.05) is 18.3 Å². The zero-order valence-electron chi connectivity index (χ0n) is 15.0. The summed E-state index contributed by atoms with van der Waals surface area (Å²) in [5.41, 5.74) is 0.223. The molecule has 0 radical (unpaired) electrons. The smallest absolute Gasteiger partial charge is 0.370 e. The van der Waals surface area contributed by atoms with Gasteiger partial charge in [0.15, 0.2) is 0 Å². The molecule has 28 heavy (non-hydrogen) atoms. The van der Waals surface area contributed by atoms with Gasteiger partial charge in [0.1, 0.15) is 11.6 Å². The molecular formula is C20H18F4N4. The average Bonchev–Trinajstić information content (AvgIpc) is 2.62. The minimum Gasteiger partial charge on any atom is -0.370 e. The Hall–Kier alpha value is -3.16. The molecule has 4 nitrogen and oxygen atoms in total. The zero-order chi connectivity index (χ0) is 20.1. The Morgan fingerprint density at radius 1 is 0.964 bits per heavy atom. The predicted molar refractivity (Wildman–Crippen MR) is 100 cm³/mol. The largest absolute Gasteiger partial charge is 0.418 e.